The normalized spacial score (nSPS) is 12.1. The molecule has 0 radical (unpaired) electrons. The number of allylic oxidation sites excluding steroid dienone is 1. The molecule has 0 atom stereocenters. The van der Waals surface area contributed by atoms with Crippen molar-refractivity contribution in [1.82, 2.24) is 0 Å². The van der Waals surface area contributed by atoms with E-state index in [-0.39, 0.29) is 5.78 Å². The smallest absolute Gasteiger partial charge is 0.268 e. The van der Waals surface area contributed by atoms with Gasteiger partial charge in [-0.25, -0.2) is 0 Å². The van der Waals surface area contributed by atoms with Crippen molar-refractivity contribution in [1.29, 1.82) is 0 Å². The lowest BCUT2D eigenvalue weighted by molar-refractivity contribution is -0.114. The maximum Gasteiger partial charge on any atom is 0.268 e. The molecule has 0 aromatic carbocycles. The number of ketones is 1. The van der Waals surface area contributed by atoms with E-state index < -0.39 is 15.9 Å². The first-order valence-electron chi connectivity index (χ1n) is 8.60. The summed E-state index contributed by atoms with van der Waals surface area (Å²) in [5, 5.41) is 0. The SMILES string of the molecule is CCCCCCCCCCCCCC(=O)C=CCS(=O)(=O)O. The van der Waals surface area contributed by atoms with Gasteiger partial charge >= 0.3 is 0 Å². The largest absolute Gasteiger partial charge is 0.295 e. The van der Waals surface area contributed by atoms with Crippen LogP contribution in [0.15, 0.2) is 12.2 Å². The molecule has 22 heavy (non-hydrogen) atoms. The third-order valence-electron chi connectivity index (χ3n) is 3.64. The van der Waals surface area contributed by atoms with E-state index in [4.69, 9.17) is 4.55 Å². The zero-order chi connectivity index (χ0) is 16.7. The van der Waals surface area contributed by atoms with Gasteiger partial charge in [-0.1, -0.05) is 77.2 Å². The first-order chi connectivity index (χ1) is 10.5. The molecule has 4 nitrogen and oxygen atoms in total. The van der Waals surface area contributed by atoms with Gasteiger partial charge in [0.25, 0.3) is 10.1 Å². The van der Waals surface area contributed by atoms with E-state index in [1.54, 1.807) is 0 Å². The van der Waals surface area contributed by atoms with Crippen molar-refractivity contribution < 1.29 is 17.8 Å². The molecule has 0 aliphatic rings. The van der Waals surface area contributed by atoms with Gasteiger partial charge in [-0.2, -0.15) is 8.42 Å². The lowest BCUT2D eigenvalue weighted by atomic mass is 10.0. The number of hydrogen-bond donors (Lipinski definition) is 1. The van der Waals surface area contributed by atoms with Crippen LogP contribution in [-0.4, -0.2) is 24.5 Å². The van der Waals surface area contributed by atoms with Crippen LogP contribution in [0, 0.1) is 0 Å². The minimum atomic E-state index is -4.00. The van der Waals surface area contributed by atoms with Crippen LogP contribution in [0.4, 0.5) is 0 Å². The van der Waals surface area contributed by atoms with E-state index >= 15 is 0 Å². The van der Waals surface area contributed by atoms with Crippen molar-refractivity contribution in [3.63, 3.8) is 0 Å². The maximum atomic E-state index is 11.4. The predicted molar refractivity (Wildman–Crippen MR) is 91.6 cm³/mol. The van der Waals surface area contributed by atoms with Gasteiger partial charge in [-0.3, -0.25) is 9.35 Å². The molecular formula is C17H32O4S. The van der Waals surface area contributed by atoms with Crippen LogP contribution in [0.25, 0.3) is 0 Å². The molecular weight excluding hydrogens is 300 g/mol. The fourth-order valence-corrected chi connectivity index (χ4v) is 2.69. The Morgan fingerprint density at radius 3 is 1.77 bits per heavy atom. The van der Waals surface area contributed by atoms with Crippen molar-refractivity contribution in [3.05, 3.63) is 12.2 Å². The standard InChI is InChI=1S/C17H32O4S/c1-2-3-4-5-6-7-8-9-10-11-12-14-17(18)15-13-16-22(19,20)21/h13,15H,2-12,14,16H2,1H3,(H,19,20,21). The minimum Gasteiger partial charge on any atom is -0.295 e. The number of carbonyl (C=O) groups excluding carboxylic acids is 1. The van der Waals surface area contributed by atoms with Crippen molar-refractivity contribution in [2.45, 2.75) is 84.0 Å². The first kappa shape index (κ1) is 21.3. The molecule has 0 amide bonds. The third kappa shape index (κ3) is 17.4. The van der Waals surface area contributed by atoms with Gasteiger partial charge in [0.2, 0.25) is 0 Å². The van der Waals surface area contributed by atoms with Gasteiger partial charge in [0.1, 0.15) is 0 Å². The molecule has 0 fully saturated rings. The topological polar surface area (TPSA) is 71.4 Å². The van der Waals surface area contributed by atoms with Crippen LogP contribution in [0.1, 0.15) is 84.0 Å². The molecule has 0 aliphatic carbocycles. The minimum absolute atomic E-state index is 0.0698. The number of rotatable bonds is 15. The summed E-state index contributed by atoms with van der Waals surface area (Å²) in [4.78, 5) is 11.4. The van der Waals surface area contributed by atoms with Crippen molar-refractivity contribution in [2.75, 3.05) is 5.75 Å². The molecule has 0 rings (SSSR count). The Bertz CT molecular complexity index is 399. The fraction of sp³-hybridized carbons (Fsp3) is 0.824. The highest BCUT2D eigenvalue weighted by Gasteiger charge is 2.01. The molecule has 0 aromatic rings. The summed E-state index contributed by atoms with van der Waals surface area (Å²) in [6.45, 7) is 2.23. The second kappa shape index (κ2) is 13.9. The van der Waals surface area contributed by atoms with E-state index in [1.807, 2.05) is 0 Å². The van der Waals surface area contributed by atoms with Crippen LogP contribution in [0.2, 0.25) is 0 Å². The molecule has 5 heteroatoms. The lowest BCUT2D eigenvalue weighted by Gasteiger charge is -2.02. The Morgan fingerprint density at radius 2 is 1.32 bits per heavy atom. The average molecular weight is 333 g/mol. The summed E-state index contributed by atoms with van der Waals surface area (Å²) in [7, 11) is -4.00. The Kier molecular flexibility index (Phi) is 13.5. The molecule has 0 spiro atoms. The summed E-state index contributed by atoms with van der Waals surface area (Å²) in [5.74, 6) is -0.559. The summed E-state index contributed by atoms with van der Waals surface area (Å²) in [6, 6.07) is 0. The van der Waals surface area contributed by atoms with Crippen molar-refractivity contribution >= 4 is 15.9 Å². The third-order valence-corrected chi connectivity index (χ3v) is 4.25. The van der Waals surface area contributed by atoms with Gasteiger partial charge in [0.05, 0.1) is 5.75 Å². The first-order valence-corrected chi connectivity index (χ1v) is 10.2. The fourth-order valence-electron chi connectivity index (χ4n) is 2.35. The molecule has 0 unspecified atom stereocenters. The molecule has 0 aliphatic heterocycles. The summed E-state index contributed by atoms with van der Waals surface area (Å²) in [5.41, 5.74) is 0. The Balaban J connectivity index is 3.34. The van der Waals surface area contributed by atoms with Crippen LogP contribution in [0.3, 0.4) is 0 Å². The van der Waals surface area contributed by atoms with E-state index in [0.29, 0.717) is 6.42 Å². The highest BCUT2D eigenvalue weighted by atomic mass is 32.2. The Labute approximate surface area is 136 Å². The average Bonchev–Trinajstić information content (AvgIpc) is 2.43. The molecule has 0 saturated carbocycles. The molecule has 0 saturated heterocycles. The second-order valence-electron chi connectivity index (χ2n) is 5.90. The predicted octanol–water partition coefficient (Wildman–Crippen LogP) is 4.70. The zero-order valence-electron chi connectivity index (χ0n) is 13.9. The monoisotopic (exact) mass is 332 g/mol. The van der Waals surface area contributed by atoms with Gasteiger partial charge in [0.15, 0.2) is 5.78 Å². The van der Waals surface area contributed by atoms with E-state index in [9.17, 15) is 13.2 Å². The second-order valence-corrected chi connectivity index (χ2v) is 7.40. The maximum absolute atomic E-state index is 11.4. The summed E-state index contributed by atoms with van der Waals surface area (Å²) >= 11 is 0. The van der Waals surface area contributed by atoms with Crippen molar-refractivity contribution in [2.24, 2.45) is 0 Å². The van der Waals surface area contributed by atoms with Crippen LogP contribution in [0.5, 0.6) is 0 Å². The molecule has 0 heterocycles. The summed E-state index contributed by atoms with van der Waals surface area (Å²) in [6.07, 6.45) is 16.5. The highest BCUT2D eigenvalue weighted by molar-refractivity contribution is 7.85. The molecule has 0 aromatic heterocycles. The lowest BCUT2D eigenvalue weighted by Crippen LogP contribution is -2.01. The van der Waals surface area contributed by atoms with Gasteiger partial charge in [0, 0.05) is 6.42 Å². The van der Waals surface area contributed by atoms with Gasteiger partial charge in [-0.15, -0.1) is 0 Å². The quantitative estimate of drug-likeness (QED) is 0.268. The number of unbranched alkanes of at least 4 members (excludes halogenated alkanes) is 10. The zero-order valence-corrected chi connectivity index (χ0v) is 14.7. The van der Waals surface area contributed by atoms with Crippen LogP contribution >= 0.6 is 0 Å². The molecule has 1 N–H and O–H groups in total. The van der Waals surface area contributed by atoms with E-state index in [1.165, 1.54) is 63.5 Å². The van der Waals surface area contributed by atoms with E-state index in [0.717, 1.165) is 19.3 Å². The number of hydrogen-bond acceptors (Lipinski definition) is 3. The summed E-state index contributed by atoms with van der Waals surface area (Å²) < 4.78 is 29.4. The van der Waals surface area contributed by atoms with Crippen LogP contribution < -0.4 is 0 Å². The highest BCUT2D eigenvalue weighted by Crippen LogP contribution is 2.12. The van der Waals surface area contributed by atoms with Crippen molar-refractivity contribution in [3.8, 4) is 0 Å². The Morgan fingerprint density at radius 1 is 0.864 bits per heavy atom. The number of carbonyl (C=O) groups is 1. The van der Waals surface area contributed by atoms with E-state index in [2.05, 4.69) is 6.92 Å². The molecule has 0 bridgehead atoms. The van der Waals surface area contributed by atoms with Gasteiger partial charge < -0.3 is 0 Å². The van der Waals surface area contributed by atoms with Crippen LogP contribution in [-0.2, 0) is 14.9 Å². The Hall–Kier alpha value is -0.680. The van der Waals surface area contributed by atoms with Gasteiger partial charge in [-0.05, 0) is 12.5 Å². The molecule has 130 valence electrons.